The van der Waals surface area contributed by atoms with Crippen LogP contribution in [0.3, 0.4) is 0 Å². The fourth-order valence-electron chi connectivity index (χ4n) is 3.32. The molecular formula is C22H27N3O5S. The van der Waals surface area contributed by atoms with Gasteiger partial charge in [-0.2, -0.15) is 0 Å². The van der Waals surface area contributed by atoms with Gasteiger partial charge in [-0.3, -0.25) is 14.3 Å². The van der Waals surface area contributed by atoms with Crippen molar-refractivity contribution in [1.82, 2.24) is 5.32 Å². The minimum atomic E-state index is -4.02. The summed E-state index contributed by atoms with van der Waals surface area (Å²) in [6.07, 6.45) is 1.12. The van der Waals surface area contributed by atoms with E-state index in [4.69, 9.17) is 4.74 Å². The molecule has 166 valence electrons. The predicted molar refractivity (Wildman–Crippen MR) is 119 cm³/mol. The topological polar surface area (TPSA) is 105 Å². The van der Waals surface area contributed by atoms with Crippen molar-refractivity contribution in [3.05, 3.63) is 48.0 Å². The lowest BCUT2D eigenvalue weighted by Gasteiger charge is -2.20. The molecule has 0 aliphatic carbocycles. The Kier molecular flexibility index (Phi) is 6.84. The zero-order valence-electron chi connectivity index (χ0n) is 17.8. The first-order valence-corrected chi connectivity index (χ1v) is 11.6. The monoisotopic (exact) mass is 445 g/mol. The molecule has 3 rings (SSSR count). The van der Waals surface area contributed by atoms with E-state index in [9.17, 15) is 18.0 Å². The molecule has 0 spiro atoms. The first-order chi connectivity index (χ1) is 14.7. The van der Waals surface area contributed by atoms with Gasteiger partial charge in [0.2, 0.25) is 5.91 Å². The zero-order chi connectivity index (χ0) is 22.6. The number of carbonyl (C=O) groups excluding carboxylic acids is 2. The van der Waals surface area contributed by atoms with Gasteiger partial charge in [0, 0.05) is 19.5 Å². The molecule has 0 aromatic heterocycles. The van der Waals surface area contributed by atoms with Gasteiger partial charge in [-0.15, -0.1) is 0 Å². The molecule has 8 nitrogen and oxygen atoms in total. The van der Waals surface area contributed by atoms with Crippen molar-refractivity contribution in [3.63, 3.8) is 0 Å². The number of ether oxygens (including phenoxy) is 1. The first-order valence-electron chi connectivity index (χ1n) is 10.1. The van der Waals surface area contributed by atoms with Crippen molar-refractivity contribution in [2.45, 2.75) is 31.6 Å². The van der Waals surface area contributed by atoms with Gasteiger partial charge in [-0.1, -0.05) is 26.0 Å². The third-order valence-corrected chi connectivity index (χ3v) is 6.27. The normalized spacial score (nSPS) is 14.1. The Morgan fingerprint density at radius 2 is 1.94 bits per heavy atom. The molecule has 1 aliphatic rings. The van der Waals surface area contributed by atoms with E-state index in [1.54, 1.807) is 18.2 Å². The number of rotatable bonds is 8. The van der Waals surface area contributed by atoms with E-state index in [0.717, 1.165) is 0 Å². The standard InChI is InChI=1S/C22H27N3O5S/c1-15(2)14-23-22(27)17-7-4-5-8-18(17)24-31(28,29)16-10-11-20(30-3)19(13-16)25-12-6-9-21(25)26/h4-5,7-8,10-11,13,15,24H,6,9,12,14H2,1-3H3,(H,23,27). The van der Waals surface area contributed by atoms with E-state index in [-0.39, 0.29) is 33.9 Å². The highest BCUT2D eigenvalue weighted by molar-refractivity contribution is 7.92. The average Bonchev–Trinajstić information content (AvgIpc) is 3.17. The maximum Gasteiger partial charge on any atom is 0.261 e. The van der Waals surface area contributed by atoms with E-state index in [1.165, 1.54) is 36.3 Å². The van der Waals surface area contributed by atoms with Crippen LogP contribution in [0, 0.1) is 5.92 Å². The highest BCUT2D eigenvalue weighted by Gasteiger charge is 2.27. The molecule has 1 saturated heterocycles. The van der Waals surface area contributed by atoms with Crippen molar-refractivity contribution in [2.24, 2.45) is 5.92 Å². The number of nitrogens with zero attached hydrogens (tertiary/aromatic N) is 1. The van der Waals surface area contributed by atoms with E-state index in [0.29, 0.717) is 37.4 Å². The van der Waals surface area contributed by atoms with Gasteiger partial charge in [0.15, 0.2) is 0 Å². The van der Waals surface area contributed by atoms with Crippen LogP contribution in [0.25, 0.3) is 0 Å². The molecule has 2 aromatic rings. The van der Waals surface area contributed by atoms with Gasteiger partial charge in [0.25, 0.3) is 15.9 Å². The fraction of sp³-hybridized carbons (Fsp3) is 0.364. The summed E-state index contributed by atoms with van der Waals surface area (Å²) in [5, 5.41) is 2.80. The molecule has 2 amide bonds. The minimum Gasteiger partial charge on any atom is -0.495 e. The van der Waals surface area contributed by atoms with Gasteiger partial charge in [0.05, 0.1) is 28.9 Å². The van der Waals surface area contributed by atoms with Crippen molar-refractivity contribution in [3.8, 4) is 5.75 Å². The third-order valence-electron chi connectivity index (χ3n) is 4.91. The van der Waals surface area contributed by atoms with Crippen molar-refractivity contribution >= 4 is 33.2 Å². The summed E-state index contributed by atoms with van der Waals surface area (Å²) < 4.78 is 34.0. The smallest absolute Gasteiger partial charge is 0.261 e. The lowest BCUT2D eigenvalue weighted by atomic mass is 10.1. The maximum atomic E-state index is 13.1. The molecule has 1 fully saturated rings. The van der Waals surface area contributed by atoms with Crippen LogP contribution in [0.5, 0.6) is 5.75 Å². The highest BCUT2D eigenvalue weighted by Crippen LogP contribution is 2.34. The Bertz CT molecular complexity index is 1080. The van der Waals surface area contributed by atoms with E-state index < -0.39 is 10.0 Å². The summed E-state index contributed by atoms with van der Waals surface area (Å²) in [6, 6.07) is 10.8. The van der Waals surface area contributed by atoms with Gasteiger partial charge in [-0.05, 0) is 42.7 Å². The van der Waals surface area contributed by atoms with Gasteiger partial charge in [0.1, 0.15) is 5.75 Å². The molecule has 0 atom stereocenters. The lowest BCUT2D eigenvalue weighted by Crippen LogP contribution is -2.28. The summed E-state index contributed by atoms with van der Waals surface area (Å²) in [7, 11) is -2.55. The van der Waals surface area contributed by atoms with Crippen LogP contribution in [0.1, 0.15) is 37.0 Å². The number of hydrogen-bond acceptors (Lipinski definition) is 5. The van der Waals surface area contributed by atoms with E-state index >= 15 is 0 Å². The third kappa shape index (κ3) is 5.16. The Labute approximate surface area is 182 Å². The molecule has 1 heterocycles. The first kappa shape index (κ1) is 22.6. The largest absolute Gasteiger partial charge is 0.495 e. The molecule has 2 N–H and O–H groups in total. The second-order valence-electron chi connectivity index (χ2n) is 7.74. The number of sulfonamides is 1. The van der Waals surface area contributed by atoms with Crippen molar-refractivity contribution in [2.75, 3.05) is 29.8 Å². The van der Waals surface area contributed by atoms with Crippen LogP contribution in [0.2, 0.25) is 0 Å². The molecular weight excluding hydrogens is 418 g/mol. The van der Waals surface area contributed by atoms with Crippen LogP contribution < -0.4 is 19.7 Å². The highest BCUT2D eigenvalue weighted by atomic mass is 32.2. The number of amides is 2. The Morgan fingerprint density at radius 1 is 1.19 bits per heavy atom. The summed E-state index contributed by atoms with van der Waals surface area (Å²) in [4.78, 5) is 26.2. The number of para-hydroxylation sites is 1. The van der Waals surface area contributed by atoms with Gasteiger partial charge >= 0.3 is 0 Å². The zero-order valence-corrected chi connectivity index (χ0v) is 18.7. The summed E-state index contributed by atoms with van der Waals surface area (Å²) in [6.45, 7) is 4.93. The second-order valence-corrected chi connectivity index (χ2v) is 9.42. The van der Waals surface area contributed by atoms with Crippen LogP contribution in [-0.2, 0) is 14.8 Å². The van der Waals surface area contributed by atoms with Crippen LogP contribution >= 0.6 is 0 Å². The predicted octanol–water partition coefficient (Wildman–Crippen LogP) is 3.01. The van der Waals surface area contributed by atoms with Crippen LogP contribution in [0.15, 0.2) is 47.4 Å². The summed E-state index contributed by atoms with van der Waals surface area (Å²) in [5.74, 6) is 0.250. The lowest BCUT2D eigenvalue weighted by molar-refractivity contribution is -0.117. The number of hydrogen-bond donors (Lipinski definition) is 2. The summed E-state index contributed by atoms with van der Waals surface area (Å²) in [5.41, 5.74) is 0.824. The van der Waals surface area contributed by atoms with Gasteiger partial charge < -0.3 is 15.0 Å². The molecule has 0 saturated carbocycles. The SMILES string of the molecule is COc1ccc(S(=O)(=O)Nc2ccccc2C(=O)NCC(C)C)cc1N1CCCC1=O. The average molecular weight is 446 g/mol. The Hall–Kier alpha value is -3.07. The molecule has 31 heavy (non-hydrogen) atoms. The molecule has 0 unspecified atom stereocenters. The van der Waals surface area contributed by atoms with Crippen molar-refractivity contribution < 1.29 is 22.7 Å². The number of nitrogens with one attached hydrogen (secondary N) is 2. The number of benzene rings is 2. The Balaban J connectivity index is 1.92. The number of methoxy groups -OCH3 is 1. The van der Waals surface area contributed by atoms with Gasteiger partial charge in [-0.25, -0.2) is 8.42 Å². The van der Waals surface area contributed by atoms with E-state index in [1.807, 2.05) is 13.8 Å². The Morgan fingerprint density at radius 3 is 2.58 bits per heavy atom. The quantitative estimate of drug-likeness (QED) is 0.650. The molecule has 0 bridgehead atoms. The van der Waals surface area contributed by atoms with Crippen LogP contribution in [0.4, 0.5) is 11.4 Å². The number of carbonyl (C=O) groups is 2. The summed E-state index contributed by atoms with van der Waals surface area (Å²) >= 11 is 0. The molecule has 2 aromatic carbocycles. The minimum absolute atomic E-state index is 0.0274. The van der Waals surface area contributed by atoms with E-state index in [2.05, 4.69) is 10.0 Å². The molecule has 1 aliphatic heterocycles. The maximum absolute atomic E-state index is 13.1. The second kappa shape index (κ2) is 9.38. The molecule has 9 heteroatoms. The van der Waals surface area contributed by atoms with Crippen molar-refractivity contribution in [1.29, 1.82) is 0 Å². The number of anilines is 2. The fourth-order valence-corrected chi connectivity index (χ4v) is 4.42. The molecule has 0 radical (unpaired) electrons. The van der Waals surface area contributed by atoms with Crippen LogP contribution in [-0.4, -0.2) is 40.4 Å².